The van der Waals surface area contributed by atoms with E-state index in [9.17, 15) is 9.59 Å². The predicted molar refractivity (Wildman–Crippen MR) is 175 cm³/mol. The maximum atomic E-state index is 12.0. The normalized spacial score (nSPS) is 15.0. The lowest BCUT2D eigenvalue weighted by atomic mass is 9.90. The molecule has 0 saturated carbocycles. The third kappa shape index (κ3) is 13.2. The van der Waals surface area contributed by atoms with Gasteiger partial charge >= 0.3 is 5.97 Å². The van der Waals surface area contributed by atoms with Gasteiger partial charge in [0.15, 0.2) is 0 Å². The summed E-state index contributed by atoms with van der Waals surface area (Å²) in [5, 5.41) is 0. The van der Waals surface area contributed by atoms with Crippen molar-refractivity contribution in [3.63, 3.8) is 0 Å². The van der Waals surface area contributed by atoms with Crippen LogP contribution < -0.4 is 9.47 Å². The van der Waals surface area contributed by atoms with Crippen molar-refractivity contribution in [2.45, 2.75) is 71.6 Å². The van der Waals surface area contributed by atoms with Gasteiger partial charge in [-0.25, -0.2) is 4.79 Å². The van der Waals surface area contributed by atoms with E-state index in [-0.39, 0.29) is 5.97 Å². The van der Waals surface area contributed by atoms with Gasteiger partial charge in [0.05, 0.1) is 27.4 Å². The Morgan fingerprint density at radius 1 is 0.744 bits per heavy atom. The minimum atomic E-state index is -0.295. The molecule has 0 spiro atoms. The lowest BCUT2D eigenvalue weighted by Gasteiger charge is -2.16. The van der Waals surface area contributed by atoms with Crippen LogP contribution in [0.5, 0.6) is 11.5 Å². The SMILES string of the molecule is C=C1C=C(c2ccc(OC)cc2)CCC1.CC.COc1ccc(C2=C/C(=C/C(=O)OCCCCCOC=O)CCC2)cc1. The van der Waals surface area contributed by atoms with Gasteiger partial charge in [0.2, 0.25) is 0 Å². The van der Waals surface area contributed by atoms with Crippen molar-refractivity contribution in [2.75, 3.05) is 27.4 Å². The van der Waals surface area contributed by atoms with E-state index in [1.165, 1.54) is 28.7 Å². The molecule has 0 atom stereocenters. The number of ether oxygens (including phenoxy) is 4. The first-order valence-electron chi connectivity index (χ1n) is 15.3. The third-order valence-electron chi connectivity index (χ3n) is 7.04. The van der Waals surface area contributed by atoms with Gasteiger partial charge in [0.1, 0.15) is 11.5 Å². The summed E-state index contributed by atoms with van der Waals surface area (Å²) in [6.07, 6.45) is 14.7. The molecule has 0 N–H and O–H groups in total. The van der Waals surface area contributed by atoms with Gasteiger partial charge in [-0.05, 0) is 110 Å². The van der Waals surface area contributed by atoms with Crippen molar-refractivity contribution in [3.05, 3.63) is 95.6 Å². The molecule has 43 heavy (non-hydrogen) atoms. The van der Waals surface area contributed by atoms with Crippen molar-refractivity contribution in [2.24, 2.45) is 0 Å². The largest absolute Gasteiger partial charge is 0.497 e. The summed E-state index contributed by atoms with van der Waals surface area (Å²) in [5.74, 6) is 1.45. The first-order valence-corrected chi connectivity index (χ1v) is 15.3. The molecule has 0 unspecified atom stereocenters. The van der Waals surface area contributed by atoms with Crippen molar-refractivity contribution in [1.29, 1.82) is 0 Å². The lowest BCUT2D eigenvalue weighted by molar-refractivity contribution is -0.137. The van der Waals surface area contributed by atoms with E-state index >= 15 is 0 Å². The number of esters is 1. The van der Waals surface area contributed by atoms with Crippen LogP contribution in [-0.2, 0) is 19.1 Å². The fourth-order valence-corrected chi connectivity index (χ4v) is 4.81. The number of carbonyl (C=O) groups is 2. The van der Waals surface area contributed by atoms with Gasteiger partial charge in [-0.15, -0.1) is 0 Å². The average molecular weight is 589 g/mol. The monoisotopic (exact) mass is 588 g/mol. The smallest absolute Gasteiger partial charge is 0.331 e. The molecule has 2 aliphatic carbocycles. The Labute approximate surface area is 258 Å². The fraction of sp³-hybridized carbons (Fsp3) is 0.405. The van der Waals surface area contributed by atoms with E-state index in [0.717, 1.165) is 74.0 Å². The Hall–Kier alpha value is -4.06. The minimum Gasteiger partial charge on any atom is -0.497 e. The van der Waals surface area contributed by atoms with E-state index in [0.29, 0.717) is 19.7 Å². The highest BCUT2D eigenvalue weighted by Gasteiger charge is 2.12. The minimum absolute atomic E-state index is 0.295. The highest BCUT2D eigenvalue weighted by Crippen LogP contribution is 2.31. The second-order valence-corrected chi connectivity index (χ2v) is 10.1. The van der Waals surface area contributed by atoms with Crippen LogP contribution in [0.15, 0.2) is 84.5 Å². The molecular formula is C37H48O6. The summed E-state index contributed by atoms with van der Waals surface area (Å²) < 4.78 is 20.2. The Bertz CT molecular complexity index is 1220. The van der Waals surface area contributed by atoms with Crippen LogP contribution in [-0.4, -0.2) is 39.9 Å². The van der Waals surface area contributed by atoms with E-state index in [4.69, 9.17) is 14.2 Å². The average Bonchev–Trinajstić information content (AvgIpc) is 3.06. The van der Waals surface area contributed by atoms with E-state index in [2.05, 4.69) is 35.6 Å². The Morgan fingerprint density at radius 2 is 1.28 bits per heavy atom. The summed E-state index contributed by atoms with van der Waals surface area (Å²) in [6.45, 7) is 9.28. The summed E-state index contributed by atoms with van der Waals surface area (Å²) in [5.41, 5.74) is 7.32. The summed E-state index contributed by atoms with van der Waals surface area (Å²) in [7, 11) is 3.34. The Kier molecular flexibility index (Phi) is 17.0. The maximum absolute atomic E-state index is 12.0. The first-order chi connectivity index (χ1) is 21.0. The predicted octanol–water partition coefficient (Wildman–Crippen LogP) is 8.92. The Morgan fingerprint density at radius 3 is 1.81 bits per heavy atom. The van der Waals surface area contributed by atoms with Gasteiger partial charge in [0.25, 0.3) is 6.47 Å². The van der Waals surface area contributed by atoms with Gasteiger partial charge in [-0.3, -0.25) is 4.79 Å². The second kappa shape index (κ2) is 20.8. The number of hydrogen-bond acceptors (Lipinski definition) is 6. The van der Waals surface area contributed by atoms with Crippen molar-refractivity contribution < 1.29 is 28.5 Å². The zero-order valence-electron chi connectivity index (χ0n) is 26.4. The van der Waals surface area contributed by atoms with Crippen molar-refractivity contribution >= 4 is 23.6 Å². The fourth-order valence-electron chi connectivity index (χ4n) is 4.81. The van der Waals surface area contributed by atoms with E-state index < -0.39 is 0 Å². The van der Waals surface area contributed by atoms with Crippen LogP contribution in [0.2, 0.25) is 0 Å². The molecule has 0 saturated heterocycles. The number of methoxy groups -OCH3 is 2. The second-order valence-electron chi connectivity index (χ2n) is 10.1. The molecule has 0 fully saturated rings. The molecule has 232 valence electrons. The van der Waals surface area contributed by atoms with Gasteiger partial charge < -0.3 is 18.9 Å². The topological polar surface area (TPSA) is 71.1 Å². The molecule has 0 heterocycles. The standard InChI is InChI=1S/C21H26O5.C14H16O.C2H6/c1-24-20-10-8-18(9-11-20)19-7-5-6-17(14-19)15-21(23)26-13-4-2-3-12-25-16-22;1-11-4-3-5-13(10-11)12-6-8-14(15-2)9-7-12;1-2/h8-11,14-16H,2-7,12-13H2,1H3;6-10H,1,3-5H2,2H3;1-2H3/b17-15+;;. The molecule has 0 radical (unpaired) electrons. The third-order valence-corrected chi connectivity index (χ3v) is 7.04. The van der Waals surface area contributed by atoms with Crippen molar-refractivity contribution in [1.82, 2.24) is 0 Å². The first kappa shape index (κ1) is 35.1. The van der Waals surface area contributed by atoms with Crippen molar-refractivity contribution in [3.8, 4) is 11.5 Å². The van der Waals surface area contributed by atoms with Crippen LogP contribution in [0.1, 0.15) is 82.8 Å². The van der Waals surface area contributed by atoms with Gasteiger partial charge in [-0.2, -0.15) is 0 Å². The van der Waals surface area contributed by atoms with Crippen LogP contribution in [0.25, 0.3) is 11.1 Å². The summed E-state index contributed by atoms with van der Waals surface area (Å²) in [4.78, 5) is 22.0. The highest BCUT2D eigenvalue weighted by molar-refractivity contribution is 5.84. The van der Waals surface area contributed by atoms with E-state index in [1.807, 2.05) is 50.2 Å². The summed E-state index contributed by atoms with van der Waals surface area (Å²) >= 11 is 0. The zero-order chi connectivity index (χ0) is 31.3. The number of rotatable bonds is 12. The van der Waals surface area contributed by atoms with Crippen LogP contribution in [0, 0.1) is 0 Å². The molecule has 4 rings (SSSR count). The lowest BCUT2D eigenvalue weighted by Crippen LogP contribution is -2.05. The molecule has 2 aliphatic rings. The molecule has 2 aromatic rings. The number of hydrogen-bond donors (Lipinski definition) is 0. The Balaban J connectivity index is 0.000000320. The van der Waals surface area contributed by atoms with Gasteiger partial charge in [-0.1, -0.05) is 62.4 Å². The molecule has 0 aliphatic heterocycles. The molecule has 6 heteroatoms. The number of benzene rings is 2. The molecule has 6 nitrogen and oxygen atoms in total. The zero-order valence-corrected chi connectivity index (χ0v) is 26.4. The molecular weight excluding hydrogens is 540 g/mol. The number of allylic oxidation sites excluding steroid dienone is 6. The molecule has 2 aromatic carbocycles. The molecule has 0 aromatic heterocycles. The number of unbranched alkanes of at least 4 members (excludes halogenated alkanes) is 2. The highest BCUT2D eigenvalue weighted by atomic mass is 16.5. The molecule has 0 amide bonds. The van der Waals surface area contributed by atoms with Gasteiger partial charge in [0, 0.05) is 6.08 Å². The molecule has 0 bridgehead atoms. The quantitative estimate of drug-likeness (QED) is 0.107. The van der Waals surface area contributed by atoms with Crippen LogP contribution in [0.3, 0.4) is 0 Å². The van der Waals surface area contributed by atoms with Crippen LogP contribution >= 0.6 is 0 Å². The summed E-state index contributed by atoms with van der Waals surface area (Å²) in [6, 6.07) is 16.2. The number of carbonyl (C=O) groups excluding carboxylic acids is 2. The van der Waals surface area contributed by atoms with E-state index in [1.54, 1.807) is 20.3 Å². The van der Waals surface area contributed by atoms with Crippen LogP contribution in [0.4, 0.5) is 0 Å². The maximum Gasteiger partial charge on any atom is 0.331 e.